The van der Waals surface area contributed by atoms with E-state index in [0.29, 0.717) is 11.3 Å². The zero-order valence-electron chi connectivity index (χ0n) is 14.4. The molecule has 0 spiro atoms. The standard InChI is InChI=1S/C20H20N2O4/c23-19(16-6-5-14-3-1-2-4-15(14)13-16)11-12-20(24)21-17-7-9-18(10-8-17)22(25)26/h5-10,13H,1-4,11-12H2,(H,21,24). The molecule has 26 heavy (non-hydrogen) atoms. The van der Waals surface area contributed by atoms with Crippen molar-refractivity contribution in [2.45, 2.75) is 38.5 Å². The van der Waals surface area contributed by atoms with Crippen LogP contribution < -0.4 is 5.32 Å². The van der Waals surface area contributed by atoms with Gasteiger partial charge >= 0.3 is 0 Å². The first-order valence-electron chi connectivity index (χ1n) is 8.72. The van der Waals surface area contributed by atoms with Gasteiger partial charge in [-0.2, -0.15) is 0 Å². The Morgan fingerprint density at radius 3 is 2.35 bits per heavy atom. The Kier molecular flexibility index (Phi) is 5.41. The van der Waals surface area contributed by atoms with E-state index in [9.17, 15) is 19.7 Å². The molecule has 1 amide bonds. The van der Waals surface area contributed by atoms with Gasteiger partial charge in [-0.15, -0.1) is 0 Å². The number of nitro benzene ring substituents is 1. The van der Waals surface area contributed by atoms with E-state index >= 15 is 0 Å². The van der Waals surface area contributed by atoms with Crippen LogP contribution in [0.25, 0.3) is 0 Å². The molecule has 0 bridgehead atoms. The summed E-state index contributed by atoms with van der Waals surface area (Å²) in [6.45, 7) is 0. The fourth-order valence-electron chi connectivity index (χ4n) is 3.17. The minimum absolute atomic E-state index is 0.0365. The molecule has 2 aromatic rings. The van der Waals surface area contributed by atoms with E-state index in [4.69, 9.17) is 0 Å². The largest absolute Gasteiger partial charge is 0.326 e. The Morgan fingerprint density at radius 2 is 1.65 bits per heavy atom. The molecule has 1 aliphatic rings. The van der Waals surface area contributed by atoms with Crippen molar-refractivity contribution >= 4 is 23.1 Å². The van der Waals surface area contributed by atoms with Gasteiger partial charge in [-0.1, -0.05) is 12.1 Å². The van der Waals surface area contributed by atoms with Gasteiger partial charge in [-0.3, -0.25) is 19.7 Å². The smallest absolute Gasteiger partial charge is 0.269 e. The second-order valence-electron chi connectivity index (χ2n) is 6.47. The number of carbonyl (C=O) groups excluding carboxylic acids is 2. The lowest BCUT2D eigenvalue weighted by Crippen LogP contribution is -2.14. The van der Waals surface area contributed by atoms with Gasteiger partial charge in [-0.05, 0) is 55.0 Å². The number of amides is 1. The molecule has 1 aliphatic carbocycles. The van der Waals surface area contributed by atoms with Crippen molar-refractivity contribution in [3.63, 3.8) is 0 Å². The lowest BCUT2D eigenvalue weighted by atomic mass is 9.89. The predicted octanol–water partition coefficient (Wildman–Crippen LogP) is 4.08. The van der Waals surface area contributed by atoms with Gasteiger partial charge in [0.2, 0.25) is 5.91 Å². The van der Waals surface area contributed by atoms with E-state index in [-0.39, 0.29) is 30.2 Å². The van der Waals surface area contributed by atoms with E-state index in [1.165, 1.54) is 41.8 Å². The number of nitrogens with one attached hydrogen (secondary N) is 1. The third-order valence-corrected chi connectivity index (χ3v) is 4.61. The number of aryl methyl sites for hydroxylation is 2. The van der Waals surface area contributed by atoms with Crippen LogP contribution in [-0.2, 0) is 17.6 Å². The highest BCUT2D eigenvalue weighted by Gasteiger charge is 2.14. The number of hydrogen-bond acceptors (Lipinski definition) is 4. The summed E-state index contributed by atoms with van der Waals surface area (Å²) in [6, 6.07) is 11.4. The molecule has 0 saturated heterocycles. The number of rotatable bonds is 6. The molecule has 1 N–H and O–H groups in total. The number of ketones is 1. The van der Waals surface area contributed by atoms with Crippen LogP contribution in [0.2, 0.25) is 0 Å². The van der Waals surface area contributed by atoms with Crippen molar-refractivity contribution < 1.29 is 14.5 Å². The number of anilines is 1. The Hall–Kier alpha value is -3.02. The van der Waals surface area contributed by atoms with Gasteiger partial charge in [0.25, 0.3) is 5.69 Å². The molecule has 6 nitrogen and oxygen atoms in total. The number of Topliss-reactive ketones (excluding diaryl/α,β-unsaturated/α-hetero) is 1. The number of nitro groups is 1. The molecule has 0 atom stereocenters. The van der Waals surface area contributed by atoms with Crippen LogP contribution in [0.4, 0.5) is 11.4 Å². The Bertz CT molecular complexity index is 843. The molecule has 134 valence electrons. The molecule has 0 radical (unpaired) electrons. The van der Waals surface area contributed by atoms with Gasteiger partial charge < -0.3 is 5.32 Å². The Morgan fingerprint density at radius 1 is 0.962 bits per heavy atom. The number of hydrogen-bond donors (Lipinski definition) is 1. The van der Waals surface area contributed by atoms with Crippen molar-refractivity contribution in [3.8, 4) is 0 Å². The zero-order valence-corrected chi connectivity index (χ0v) is 14.4. The van der Waals surface area contributed by atoms with Gasteiger partial charge in [0.05, 0.1) is 4.92 Å². The van der Waals surface area contributed by atoms with Gasteiger partial charge in [0.1, 0.15) is 0 Å². The van der Waals surface area contributed by atoms with Gasteiger partial charge in [0, 0.05) is 36.2 Å². The summed E-state index contributed by atoms with van der Waals surface area (Å²) in [5.41, 5.74) is 3.67. The molecular weight excluding hydrogens is 332 g/mol. The monoisotopic (exact) mass is 352 g/mol. The maximum atomic E-state index is 12.4. The quantitative estimate of drug-likeness (QED) is 0.482. The number of carbonyl (C=O) groups is 2. The first-order valence-corrected chi connectivity index (χ1v) is 8.72. The van der Waals surface area contributed by atoms with Gasteiger partial charge in [-0.25, -0.2) is 0 Å². The molecule has 2 aromatic carbocycles. The number of fused-ring (bicyclic) bond motifs is 1. The van der Waals surface area contributed by atoms with Crippen LogP contribution in [0.1, 0.15) is 47.2 Å². The first kappa shape index (κ1) is 17.8. The molecule has 0 fully saturated rings. The number of nitrogens with zero attached hydrogens (tertiary/aromatic N) is 1. The maximum absolute atomic E-state index is 12.4. The van der Waals surface area contributed by atoms with Crippen LogP contribution in [0.3, 0.4) is 0 Å². The fourth-order valence-corrected chi connectivity index (χ4v) is 3.17. The van der Waals surface area contributed by atoms with Crippen LogP contribution in [-0.4, -0.2) is 16.6 Å². The molecule has 6 heteroatoms. The summed E-state index contributed by atoms with van der Waals surface area (Å²) in [4.78, 5) is 34.5. The highest BCUT2D eigenvalue weighted by atomic mass is 16.6. The number of benzene rings is 2. The average Bonchev–Trinajstić information content (AvgIpc) is 2.66. The zero-order chi connectivity index (χ0) is 18.5. The molecule has 0 heterocycles. The van der Waals surface area contributed by atoms with Crippen LogP contribution >= 0.6 is 0 Å². The van der Waals surface area contributed by atoms with Crippen molar-refractivity contribution in [1.29, 1.82) is 0 Å². The lowest BCUT2D eigenvalue weighted by Gasteiger charge is -2.16. The fraction of sp³-hybridized carbons (Fsp3) is 0.300. The molecular formula is C20H20N2O4. The van der Waals surface area contributed by atoms with Crippen molar-refractivity contribution in [1.82, 2.24) is 0 Å². The van der Waals surface area contributed by atoms with Crippen molar-refractivity contribution in [2.24, 2.45) is 0 Å². The third-order valence-electron chi connectivity index (χ3n) is 4.61. The normalized spacial score (nSPS) is 12.9. The summed E-state index contributed by atoms with van der Waals surface area (Å²) in [7, 11) is 0. The molecule has 0 aliphatic heterocycles. The lowest BCUT2D eigenvalue weighted by molar-refractivity contribution is -0.384. The Balaban J connectivity index is 1.54. The summed E-state index contributed by atoms with van der Waals surface area (Å²) >= 11 is 0. The highest BCUT2D eigenvalue weighted by molar-refractivity contribution is 6.00. The summed E-state index contributed by atoms with van der Waals surface area (Å²) in [5, 5.41) is 13.3. The van der Waals surface area contributed by atoms with E-state index < -0.39 is 4.92 Å². The SMILES string of the molecule is O=C(CCC(=O)c1ccc2c(c1)CCCC2)Nc1ccc([N+](=O)[O-])cc1. The van der Waals surface area contributed by atoms with Crippen molar-refractivity contribution in [3.05, 3.63) is 69.3 Å². The predicted molar refractivity (Wildman–Crippen MR) is 98.4 cm³/mol. The average molecular weight is 352 g/mol. The topological polar surface area (TPSA) is 89.3 Å². The van der Waals surface area contributed by atoms with E-state index in [2.05, 4.69) is 5.32 Å². The van der Waals surface area contributed by atoms with Crippen LogP contribution in [0.5, 0.6) is 0 Å². The van der Waals surface area contributed by atoms with E-state index in [1.54, 1.807) is 0 Å². The van der Waals surface area contributed by atoms with Crippen molar-refractivity contribution in [2.75, 3.05) is 5.32 Å². The molecule has 0 aromatic heterocycles. The van der Waals surface area contributed by atoms with E-state index in [0.717, 1.165) is 19.3 Å². The summed E-state index contributed by atoms with van der Waals surface area (Å²) in [6.07, 6.45) is 4.65. The molecule has 0 unspecified atom stereocenters. The molecule has 3 rings (SSSR count). The van der Waals surface area contributed by atoms with Crippen LogP contribution in [0.15, 0.2) is 42.5 Å². The maximum Gasteiger partial charge on any atom is 0.269 e. The first-order chi connectivity index (χ1) is 12.5. The summed E-state index contributed by atoms with van der Waals surface area (Å²) < 4.78 is 0. The van der Waals surface area contributed by atoms with E-state index in [1.807, 2.05) is 18.2 Å². The third kappa shape index (κ3) is 4.33. The highest BCUT2D eigenvalue weighted by Crippen LogP contribution is 2.23. The minimum atomic E-state index is -0.497. The van der Waals surface area contributed by atoms with Crippen LogP contribution in [0, 0.1) is 10.1 Å². The number of non-ortho nitro benzene ring substituents is 1. The molecule has 0 saturated carbocycles. The minimum Gasteiger partial charge on any atom is -0.326 e. The Labute approximate surface area is 151 Å². The summed E-state index contributed by atoms with van der Waals surface area (Å²) in [5.74, 6) is -0.331. The second-order valence-corrected chi connectivity index (χ2v) is 6.47. The second kappa shape index (κ2) is 7.91. The van der Waals surface area contributed by atoms with Gasteiger partial charge in [0.15, 0.2) is 5.78 Å².